The minimum atomic E-state index is -1.31. The average Bonchev–Trinajstić information content (AvgIpc) is 3.23. The van der Waals surface area contributed by atoms with E-state index in [1.54, 1.807) is 0 Å². The second-order valence-electron chi connectivity index (χ2n) is 5.30. The highest BCUT2D eigenvalue weighted by Crippen LogP contribution is 2.37. The summed E-state index contributed by atoms with van der Waals surface area (Å²) >= 11 is 0. The maximum absolute atomic E-state index is 12.5. The van der Waals surface area contributed by atoms with Crippen molar-refractivity contribution in [1.82, 2.24) is 0 Å². The lowest BCUT2D eigenvalue weighted by atomic mass is 10.0. The van der Waals surface area contributed by atoms with Crippen molar-refractivity contribution in [3.05, 3.63) is 29.8 Å². The van der Waals surface area contributed by atoms with Crippen molar-refractivity contribution in [1.29, 1.82) is 0 Å². The van der Waals surface area contributed by atoms with Crippen LogP contribution in [0.3, 0.4) is 0 Å². The Kier molecular flexibility index (Phi) is 4.40. The Balaban J connectivity index is 2.19. The molecule has 1 aliphatic rings. The van der Waals surface area contributed by atoms with Gasteiger partial charge in [0.1, 0.15) is 5.25 Å². The molecule has 19 heavy (non-hydrogen) atoms. The Bertz CT molecular complexity index is 475. The molecule has 1 aliphatic carbocycles. The van der Waals surface area contributed by atoms with E-state index in [-0.39, 0.29) is 11.9 Å². The maximum Gasteiger partial charge on any atom is 0.322 e. The van der Waals surface area contributed by atoms with Gasteiger partial charge in [0, 0.05) is 4.90 Å². The third-order valence-electron chi connectivity index (χ3n) is 3.49. The van der Waals surface area contributed by atoms with Crippen molar-refractivity contribution in [3.63, 3.8) is 0 Å². The van der Waals surface area contributed by atoms with E-state index in [0.717, 1.165) is 12.8 Å². The highest BCUT2D eigenvalue weighted by Gasteiger charge is 2.41. The van der Waals surface area contributed by atoms with E-state index in [1.807, 2.05) is 24.3 Å². The summed E-state index contributed by atoms with van der Waals surface area (Å²) in [6.45, 7) is 4.24. The van der Waals surface area contributed by atoms with Gasteiger partial charge in [0.25, 0.3) is 0 Å². The molecule has 1 aromatic rings. The zero-order valence-corrected chi connectivity index (χ0v) is 12.4. The lowest BCUT2D eigenvalue weighted by molar-refractivity contribution is -0.140. The SMILES string of the molecule is COC(=O)C(C1CC1)S(=O)c1ccc(C(C)C)cc1. The lowest BCUT2D eigenvalue weighted by Gasteiger charge is -2.14. The molecule has 0 N–H and O–H groups in total. The first-order valence-electron chi connectivity index (χ1n) is 6.63. The zero-order valence-electron chi connectivity index (χ0n) is 11.6. The molecule has 3 nitrogen and oxygen atoms in total. The molecule has 0 spiro atoms. The Morgan fingerprint density at radius 1 is 1.26 bits per heavy atom. The van der Waals surface area contributed by atoms with Gasteiger partial charge in [-0.1, -0.05) is 26.0 Å². The molecule has 0 radical (unpaired) electrons. The van der Waals surface area contributed by atoms with E-state index in [0.29, 0.717) is 10.8 Å². The van der Waals surface area contributed by atoms with Crippen LogP contribution in [0, 0.1) is 5.92 Å². The molecular weight excluding hydrogens is 260 g/mol. The molecule has 0 aromatic heterocycles. The molecule has 0 saturated heterocycles. The van der Waals surface area contributed by atoms with Crippen molar-refractivity contribution in [2.75, 3.05) is 7.11 Å². The number of rotatable bonds is 5. The zero-order chi connectivity index (χ0) is 14.0. The van der Waals surface area contributed by atoms with E-state index in [9.17, 15) is 9.00 Å². The first-order chi connectivity index (χ1) is 9.04. The Labute approximate surface area is 116 Å². The average molecular weight is 280 g/mol. The van der Waals surface area contributed by atoms with Gasteiger partial charge in [0.05, 0.1) is 17.9 Å². The molecule has 0 heterocycles. The predicted octanol–water partition coefficient (Wildman–Crippen LogP) is 2.87. The summed E-state index contributed by atoms with van der Waals surface area (Å²) in [4.78, 5) is 12.5. The largest absolute Gasteiger partial charge is 0.468 e. The van der Waals surface area contributed by atoms with Crippen LogP contribution in [0.25, 0.3) is 0 Å². The van der Waals surface area contributed by atoms with Gasteiger partial charge in [-0.05, 0) is 42.4 Å². The Morgan fingerprint density at radius 2 is 1.84 bits per heavy atom. The van der Waals surface area contributed by atoms with E-state index in [2.05, 4.69) is 13.8 Å². The molecule has 4 heteroatoms. The number of hydrogen-bond acceptors (Lipinski definition) is 3. The molecule has 2 rings (SSSR count). The first kappa shape index (κ1) is 14.3. The molecule has 104 valence electrons. The van der Waals surface area contributed by atoms with Crippen molar-refractivity contribution in [2.45, 2.75) is 42.8 Å². The van der Waals surface area contributed by atoms with Crippen LogP contribution < -0.4 is 0 Å². The number of carbonyl (C=O) groups is 1. The molecule has 2 atom stereocenters. The molecule has 1 saturated carbocycles. The van der Waals surface area contributed by atoms with E-state index in [1.165, 1.54) is 12.7 Å². The van der Waals surface area contributed by atoms with Crippen LogP contribution >= 0.6 is 0 Å². The number of ether oxygens (including phenoxy) is 1. The van der Waals surface area contributed by atoms with Gasteiger partial charge in [0.15, 0.2) is 0 Å². The fourth-order valence-corrected chi connectivity index (χ4v) is 3.69. The van der Waals surface area contributed by atoms with Gasteiger partial charge in [0.2, 0.25) is 0 Å². The van der Waals surface area contributed by atoms with E-state index < -0.39 is 16.0 Å². The topological polar surface area (TPSA) is 43.4 Å². The highest BCUT2D eigenvalue weighted by atomic mass is 32.2. The van der Waals surface area contributed by atoms with Crippen LogP contribution in [0.1, 0.15) is 38.2 Å². The van der Waals surface area contributed by atoms with Gasteiger partial charge in [-0.25, -0.2) is 0 Å². The first-order valence-corrected chi connectivity index (χ1v) is 7.84. The minimum Gasteiger partial charge on any atom is -0.468 e. The lowest BCUT2D eigenvalue weighted by Crippen LogP contribution is -2.29. The van der Waals surface area contributed by atoms with Crippen LogP contribution in [0.4, 0.5) is 0 Å². The van der Waals surface area contributed by atoms with E-state index >= 15 is 0 Å². The van der Waals surface area contributed by atoms with Crippen LogP contribution in [-0.4, -0.2) is 22.5 Å². The molecule has 2 unspecified atom stereocenters. The third-order valence-corrected chi connectivity index (χ3v) is 5.27. The molecule has 1 aromatic carbocycles. The number of carbonyl (C=O) groups excluding carboxylic acids is 1. The van der Waals surface area contributed by atoms with Gasteiger partial charge in [-0.3, -0.25) is 9.00 Å². The fourth-order valence-electron chi connectivity index (χ4n) is 2.10. The Hall–Kier alpha value is -1.16. The second kappa shape index (κ2) is 5.87. The predicted molar refractivity (Wildman–Crippen MR) is 75.5 cm³/mol. The van der Waals surface area contributed by atoms with Gasteiger partial charge >= 0.3 is 5.97 Å². The summed E-state index contributed by atoms with van der Waals surface area (Å²) in [6.07, 6.45) is 1.94. The van der Waals surface area contributed by atoms with Crippen LogP contribution in [-0.2, 0) is 20.3 Å². The fraction of sp³-hybridized carbons (Fsp3) is 0.533. The summed E-state index contributed by atoms with van der Waals surface area (Å²) < 4.78 is 17.3. The number of esters is 1. The monoisotopic (exact) mass is 280 g/mol. The number of methoxy groups -OCH3 is 1. The summed E-state index contributed by atoms with van der Waals surface area (Å²) in [5.41, 5.74) is 1.21. The van der Waals surface area contributed by atoms with Crippen molar-refractivity contribution >= 4 is 16.8 Å². The summed E-state index contributed by atoms with van der Waals surface area (Å²) in [6, 6.07) is 7.70. The second-order valence-corrected chi connectivity index (χ2v) is 6.88. The number of benzene rings is 1. The molecule has 0 amide bonds. The van der Waals surface area contributed by atoms with Crippen LogP contribution in [0.2, 0.25) is 0 Å². The van der Waals surface area contributed by atoms with Crippen molar-refractivity contribution in [2.24, 2.45) is 5.92 Å². The molecule has 0 bridgehead atoms. The quantitative estimate of drug-likeness (QED) is 0.779. The molecule has 0 aliphatic heterocycles. The summed E-state index contributed by atoms with van der Waals surface area (Å²) in [5.74, 6) is 0.314. The Morgan fingerprint density at radius 3 is 2.26 bits per heavy atom. The van der Waals surface area contributed by atoms with Crippen LogP contribution in [0.5, 0.6) is 0 Å². The standard InChI is InChI=1S/C15H20O3S/c1-10(2)11-6-8-13(9-7-11)19(17)14(12-4-5-12)15(16)18-3/h6-10,12,14H,4-5H2,1-3H3. The smallest absolute Gasteiger partial charge is 0.322 e. The van der Waals surface area contributed by atoms with Crippen LogP contribution in [0.15, 0.2) is 29.2 Å². The molecular formula is C15H20O3S. The summed E-state index contributed by atoms with van der Waals surface area (Å²) in [7, 11) is 0.0431. The van der Waals surface area contributed by atoms with E-state index in [4.69, 9.17) is 4.74 Å². The summed E-state index contributed by atoms with van der Waals surface area (Å²) in [5, 5.41) is -0.505. The normalized spacial score (nSPS) is 18.1. The van der Waals surface area contributed by atoms with Gasteiger partial charge in [-0.2, -0.15) is 0 Å². The highest BCUT2D eigenvalue weighted by molar-refractivity contribution is 7.86. The number of hydrogen-bond donors (Lipinski definition) is 0. The van der Waals surface area contributed by atoms with Crippen molar-refractivity contribution in [3.8, 4) is 0 Å². The maximum atomic E-state index is 12.5. The van der Waals surface area contributed by atoms with Crippen molar-refractivity contribution < 1.29 is 13.7 Å². The third kappa shape index (κ3) is 3.24. The van der Waals surface area contributed by atoms with Gasteiger partial charge < -0.3 is 4.74 Å². The van der Waals surface area contributed by atoms with Gasteiger partial charge in [-0.15, -0.1) is 0 Å². The molecule has 1 fully saturated rings. The minimum absolute atomic E-state index is 0.220.